The molecule has 1 amide bonds. The van der Waals surface area contributed by atoms with Crippen molar-refractivity contribution in [2.24, 2.45) is 5.73 Å². The lowest BCUT2D eigenvalue weighted by atomic mass is 10.1. The molecule has 3 nitrogen and oxygen atoms in total. The Labute approximate surface area is 116 Å². The van der Waals surface area contributed by atoms with Gasteiger partial charge < -0.3 is 10.6 Å². The van der Waals surface area contributed by atoms with Crippen LogP contribution < -0.4 is 5.73 Å². The van der Waals surface area contributed by atoms with Gasteiger partial charge in [0.25, 0.3) is 5.91 Å². The first-order valence-electron chi connectivity index (χ1n) is 5.33. The van der Waals surface area contributed by atoms with Crippen molar-refractivity contribution in [2.45, 2.75) is 19.4 Å². The minimum absolute atomic E-state index is 0.0729. The summed E-state index contributed by atoms with van der Waals surface area (Å²) in [6, 6.07) is 3.75. The van der Waals surface area contributed by atoms with E-state index in [1.807, 2.05) is 6.92 Å². The number of halogens is 2. The summed E-state index contributed by atoms with van der Waals surface area (Å²) in [5.74, 6) is -0.798. The highest BCUT2D eigenvalue weighted by molar-refractivity contribution is 7.80. The number of amides is 1. The van der Waals surface area contributed by atoms with Crippen molar-refractivity contribution >= 4 is 34.7 Å². The number of hydrogen-bond donors (Lipinski definition) is 1. The zero-order chi connectivity index (χ0) is 13.9. The third-order valence-corrected chi connectivity index (χ3v) is 3.10. The molecular formula is C12H14ClFN2OS. The summed E-state index contributed by atoms with van der Waals surface area (Å²) in [4.78, 5) is 13.9. The fourth-order valence-electron chi connectivity index (χ4n) is 1.46. The van der Waals surface area contributed by atoms with Crippen LogP contribution in [-0.4, -0.2) is 28.9 Å². The molecule has 1 aromatic carbocycles. The smallest absolute Gasteiger partial charge is 0.253 e. The third kappa shape index (κ3) is 3.65. The van der Waals surface area contributed by atoms with Gasteiger partial charge >= 0.3 is 0 Å². The largest absolute Gasteiger partial charge is 0.393 e. The highest BCUT2D eigenvalue weighted by Crippen LogP contribution is 2.18. The van der Waals surface area contributed by atoms with Gasteiger partial charge in [0, 0.05) is 25.1 Å². The SMILES string of the molecule is CC(CC(N)=S)N(C)C(=O)c1ccc(F)c(Cl)c1. The molecule has 0 fully saturated rings. The molecule has 0 aromatic heterocycles. The number of thiocarbonyl (C=S) groups is 1. The monoisotopic (exact) mass is 288 g/mol. The van der Waals surface area contributed by atoms with Crippen LogP contribution in [0.2, 0.25) is 5.02 Å². The molecule has 1 atom stereocenters. The maximum atomic E-state index is 13.0. The first kappa shape index (κ1) is 14.9. The lowest BCUT2D eigenvalue weighted by Gasteiger charge is -2.24. The van der Waals surface area contributed by atoms with Crippen LogP contribution in [0, 0.1) is 5.82 Å². The van der Waals surface area contributed by atoms with E-state index in [0.29, 0.717) is 17.0 Å². The van der Waals surface area contributed by atoms with Gasteiger partial charge in [-0.25, -0.2) is 4.39 Å². The Morgan fingerprint density at radius 1 is 1.61 bits per heavy atom. The van der Waals surface area contributed by atoms with Crippen molar-refractivity contribution in [3.8, 4) is 0 Å². The molecule has 0 aliphatic rings. The molecule has 0 aliphatic heterocycles. The fraction of sp³-hybridized carbons (Fsp3) is 0.333. The molecule has 0 aliphatic carbocycles. The molecule has 0 bridgehead atoms. The Bertz CT molecular complexity index is 481. The highest BCUT2D eigenvalue weighted by Gasteiger charge is 2.18. The van der Waals surface area contributed by atoms with Crippen LogP contribution in [0.25, 0.3) is 0 Å². The maximum Gasteiger partial charge on any atom is 0.253 e. The summed E-state index contributed by atoms with van der Waals surface area (Å²) in [5, 5.41) is -0.0729. The van der Waals surface area contributed by atoms with E-state index < -0.39 is 5.82 Å². The van der Waals surface area contributed by atoms with Crippen molar-refractivity contribution in [1.82, 2.24) is 4.90 Å². The fourth-order valence-corrected chi connectivity index (χ4v) is 1.88. The number of rotatable bonds is 4. The Kier molecular flexibility index (Phi) is 5.04. The molecule has 0 saturated carbocycles. The normalized spacial score (nSPS) is 12.0. The summed E-state index contributed by atoms with van der Waals surface area (Å²) in [5.41, 5.74) is 5.77. The first-order chi connectivity index (χ1) is 8.32. The van der Waals surface area contributed by atoms with Crippen LogP contribution in [0.15, 0.2) is 18.2 Å². The van der Waals surface area contributed by atoms with Crippen molar-refractivity contribution in [3.05, 3.63) is 34.6 Å². The van der Waals surface area contributed by atoms with E-state index in [1.54, 1.807) is 7.05 Å². The average molecular weight is 289 g/mol. The third-order valence-electron chi connectivity index (χ3n) is 2.64. The van der Waals surface area contributed by atoms with Gasteiger partial charge in [-0.05, 0) is 25.1 Å². The van der Waals surface area contributed by atoms with Gasteiger partial charge in [0.1, 0.15) is 5.82 Å². The summed E-state index contributed by atoms with van der Waals surface area (Å²) in [7, 11) is 1.64. The second kappa shape index (κ2) is 6.11. The average Bonchev–Trinajstić information content (AvgIpc) is 2.30. The van der Waals surface area contributed by atoms with Gasteiger partial charge in [-0.15, -0.1) is 0 Å². The molecule has 1 unspecified atom stereocenters. The Morgan fingerprint density at radius 3 is 2.72 bits per heavy atom. The predicted molar refractivity (Wildman–Crippen MR) is 74.4 cm³/mol. The molecule has 6 heteroatoms. The molecule has 2 N–H and O–H groups in total. The van der Waals surface area contributed by atoms with Crippen molar-refractivity contribution in [2.75, 3.05) is 7.05 Å². The van der Waals surface area contributed by atoms with Crippen LogP contribution in [0.1, 0.15) is 23.7 Å². The number of benzene rings is 1. The molecule has 1 aromatic rings. The molecule has 98 valence electrons. The van der Waals surface area contributed by atoms with Crippen LogP contribution in [0.3, 0.4) is 0 Å². The number of nitrogens with zero attached hydrogens (tertiary/aromatic N) is 1. The predicted octanol–water partition coefficient (Wildman–Crippen LogP) is 2.62. The summed E-state index contributed by atoms with van der Waals surface area (Å²) < 4.78 is 13.0. The number of hydrogen-bond acceptors (Lipinski definition) is 2. The molecule has 0 radical (unpaired) electrons. The zero-order valence-corrected chi connectivity index (χ0v) is 11.7. The lowest BCUT2D eigenvalue weighted by Crippen LogP contribution is -2.37. The number of carbonyl (C=O) groups is 1. The standard InChI is InChI=1S/C12H14ClFN2OS/c1-7(5-11(15)18)16(2)12(17)8-3-4-10(14)9(13)6-8/h3-4,6-7H,5H2,1-2H3,(H2,15,18). The molecule has 18 heavy (non-hydrogen) atoms. The van der Waals surface area contributed by atoms with Gasteiger partial charge in [-0.3, -0.25) is 4.79 Å². The second-order valence-electron chi connectivity index (χ2n) is 4.06. The van der Waals surface area contributed by atoms with E-state index in [9.17, 15) is 9.18 Å². The summed E-state index contributed by atoms with van der Waals surface area (Å²) in [6.45, 7) is 1.84. The zero-order valence-electron chi connectivity index (χ0n) is 10.1. The maximum absolute atomic E-state index is 13.0. The summed E-state index contributed by atoms with van der Waals surface area (Å²) in [6.07, 6.45) is 0.437. The number of carbonyl (C=O) groups excluding carboxylic acids is 1. The van der Waals surface area contributed by atoms with Crippen LogP contribution in [0.5, 0.6) is 0 Å². The topological polar surface area (TPSA) is 46.3 Å². The van der Waals surface area contributed by atoms with Gasteiger partial charge in [-0.1, -0.05) is 23.8 Å². The van der Waals surface area contributed by atoms with Crippen LogP contribution in [0.4, 0.5) is 4.39 Å². The van der Waals surface area contributed by atoms with E-state index in [2.05, 4.69) is 0 Å². The Hall–Kier alpha value is -1.20. The Morgan fingerprint density at radius 2 is 2.22 bits per heavy atom. The van der Waals surface area contributed by atoms with E-state index in [0.717, 1.165) is 0 Å². The molecule has 1 rings (SSSR count). The first-order valence-corrected chi connectivity index (χ1v) is 6.12. The van der Waals surface area contributed by atoms with Crippen molar-refractivity contribution < 1.29 is 9.18 Å². The Balaban J connectivity index is 2.86. The summed E-state index contributed by atoms with van der Waals surface area (Å²) >= 11 is 10.4. The van der Waals surface area contributed by atoms with Crippen molar-refractivity contribution in [3.63, 3.8) is 0 Å². The van der Waals surface area contributed by atoms with E-state index in [4.69, 9.17) is 29.6 Å². The molecule has 0 spiro atoms. The minimum Gasteiger partial charge on any atom is -0.393 e. The van der Waals surface area contributed by atoms with E-state index in [-0.39, 0.29) is 17.0 Å². The van der Waals surface area contributed by atoms with Gasteiger partial charge in [0.15, 0.2) is 0 Å². The van der Waals surface area contributed by atoms with Crippen molar-refractivity contribution in [1.29, 1.82) is 0 Å². The molecule has 0 saturated heterocycles. The van der Waals surface area contributed by atoms with E-state index >= 15 is 0 Å². The quantitative estimate of drug-likeness (QED) is 0.867. The molecule has 0 heterocycles. The number of nitrogens with two attached hydrogens (primary N) is 1. The van der Waals surface area contributed by atoms with E-state index in [1.165, 1.54) is 23.1 Å². The highest BCUT2D eigenvalue weighted by atomic mass is 35.5. The van der Waals surface area contributed by atoms with Gasteiger partial charge in [0.2, 0.25) is 0 Å². The molecular weight excluding hydrogens is 275 g/mol. The second-order valence-corrected chi connectivity index (χ2v) is 5.00. The van der Waals surface area contributed by atoms with Gasteiger partial charge in [-0.2, -0.15) is 0 Å². The van der Waals surface area contributed by atoms with Crippen LogP contribution >= 0.6 is 23.8 Å². The van der Waals surface area contributed by atoms with Crippen LogP contribution in [-0.2, 0) is 0 Å². The van der Waals surface area contributed by atoms with Gasteiger partial charge in [0.05, 0.1) is 10.0 Å². The minimum atomic E-state index is -0.549. The lowest BCUT2D eigenvalue weighted by molar-refractivity contribution is 0.0748.